The molecule has 0 radical (unpaired) electrons. The molecule has 0 amide bonds. The Kier molecular flexibility index (Phi) is 3.55. The lowest BCUT2D eigenvalue weighted by Gasteiger charge is -2.27. The molecular formula is C12H23N3. The second-order valence-corrected chi connectivity index (χ2v) is 5.03. The zero-order valence-corrected chi connectivity index (χ0v) is 10.5. The number of aromatic nitrogens is 2. The molecule has 15 heavy (non-hydrogen) atoms. The van der Waals surface area contributed by atoms with E-state index in [0.29, 0.717) is 12.0 Å². The lowest BCUT2D eigenvalue weighted by Crippen LogP contribution is -2.33. The number of nitrogens with zero attached hydrogens (tertiary/aromatic N) is 2. The summed E-state index contributed by atoms with van der Waals surface area (Å²) in [6.45, 7) is 10.7. The van der Waals surface area contributed by atoms with Crippen LogP contribution in [0.1, 0.15) is 52.8 Å². The SMILES string of the molecule is CCC(C)C(C)n1cncc1C(C)(C)N. The molecule has 1 rings (SSSR count). The van der Waals surface area contributed by atoms with Gasteiger partial charge in [-0.15, -0.1) is 0 Å². The molecule has 1 aromatic rings. The lowest BCUT2D eigenvalue weighted by molar-refractivity contribution is 0.344. The van der Waals surface area contributed by atoms with Gasteiger partial charge in [0, 0.05) is 12.2 Å². The fourth-order valence-electron chi connectivity index (χ4n) is 1.74. The van der Waals surface area contributed by atoms with Gasteiger partial charge in [-0.05, 0) is 26.7 Å². The Morgan fingerprint density at radius 1 is 1.47 bits per heavy atom. The van der Waals surface area contributed by atoms with Crippen LogP contribution in [-0.4, -0.2) is 9.55 Å². The second kappa shape index (κ2) is 4.35. The van der Waals surface area contributed by atoms with Crippen molar-refractivity contribution in [2.24, 2.45) is 11.7 Å². The molecule has 2 atom stereocenters. The average Bonchev–Trinajstić information content (AvgIpc) is 2.63. The molecule has 0 aliphatic carbocycles. The normalized spacial score (nSPS) is 16.4. The minimum atomic E-state index is -0.321. The highest BCUT2D eigenvalue weighted by atomic mass is 15.1. The van der Waals surface area contributed by atoms with Gasteiger partial charge in [0.05, 0.1) is 17.6 Å². The highest BCUT2D eigenvalue weighted by molar-refractivity contribution is 5.11. The maximum atomic E-state index is 6.12. The Morgan fingerprint density at radius 3 is 2.53 bits per heavy atom. The van der Waals surface area contributed by atoms with Crippen molar-refractivity contribution < 1.29 is 0 Å². The van der Waals surface area contributed by atoms with Gasteiger partial charge < -0.3 is 10.3 Å². The van der Waals surface area contributed by atoms with Crippen LogP contribution < -0.4 is 5.73 Å². The van der Waals surface area contributed by atoms with Crippen molar-refractivity contribution in [1.29, 1.82) is 0 Å². The van der Waals surface area contributed by atoms with Gasteiger partial charge in [-0.2, -0.15) is 0 Å². The maximum absolute atomic E-state index is 6.12. The minimum absolute atomic E-state index is 0.321. The third-order valence-electron chi connectivity index (χ3n) is 3.23. The number of hydrogen-bond acceptors (Lipinski definition) is 2. The number of imidazole rings is 1. The summed E-state index contributed by atoms with van der Waals surface area (Å²) in [6.07, 6.45) is 4.93. The Bertz CT molecular complexity index is 309. The zero-order valence-electron chi connectivity index (χ0n) is 10.5. The molecule has 2 unspecified atom stereocenters. The van der Waals surface area contributed by atoms with Crippen LogP contribution in [0.15, 0.2) is 12.5 Å². The van der Waals surface area contributed by atoms with Crippen molar-refractivity contribution in [2.75, 3.05) is 0 Å². The van der Waals surface area contributed by atoms with Gasteiger partial charge >= 0.3 is 0 Å². The first kappa shape index (κ1) is 12.2. The van der Waals surface area contributed by atoms with Crippen LogP contribution in [0.3, 0.4) is 0 Å². The molecule has 0 aliphatic rings. The summed E-state index contributed by atoms with van der Waals surface area (Å²) in [5.41, 5.74) is 6.91. The van der Waals surface area contributed by atoms with E-state index in [0.717, 1.165) is 5.69 Å². The van der Waals surface area contributed by atoms with Gasteiger partial charge in [0.1, 0.15) is 0 Å². The van der Waals surface area contributed by atoms with Crippen LogP contribution in [0, 0.1) is 5.92 Å². The Labute approximate surface area is 92.7 Å². The van der Waals surface area contributed by atoms with Crippen molar-refractivity contribution in [1.82, 2.24) is 9.55 Å². The predicted molar refractivity (Wildman–Crippen MR) is 63.6 cm³/mol. The van der Waals surface area contributed by atoms with E-state index >= 15 is 0 Å². The van der Waals surface area contributed by atoms with Crippen molar-refractivity contribution in [3.63, 3.8) is 0 Å². The monoisotopic (exact) mass is 209 g/mol. The van der Waals surface area contributed by atoms with E-state index in [9.17, 15) is 0 Å². The van der Waals surface area contributed by atoms with Crippen molar-refractivity contribution >= 4 is 0 Å². The van der Waals surface area contributed by atoms with E-state index < -0.39 is 0 Å². The molecular weight excluding hydrogens is 186 g/mol. The van der Waals surface area contributed by atoms with Gasteiger partial charge in [0.2, 0.25) is 0 Å². The molecule has 3 nitrogen and oxygen atoms in total. The molecule has 0 saturated carbocycles. The Hall–Kier alpha value is -0.830. The van der Waals surface area contributed by atoms with Crippen LogP contribution >= 0.6 is 0 Å². The molecule has 1 heterocycles. The Balaban J connectivity index is 3.00. The summed E-state index contributed by atoms with van der Waals surface area (Å²) in [5.74, 6) is 0.639. The molecule has 0 bridgehead atoms. The number of hydrogen-bond donors (Lipinski definition) is 1. The van der Waals surface area contributed by atoms with Crippen LogP contribution in [-0.2, 0) is 5.54 Å². The molecule has 0 spiro atoms. The van der Waals surface area contributed by atoms with Crippen LogP contribution in [0.5, 0.6) is 0 Å². The molecule has 0 aromatic carbocycles. The van der Waals surface area contributed by atoms with Crippen molar-refractivity contribution in [3.8, 4) is 0 Å². The molecule has 86 valence electrons. The van der Waals surface area contributed by atoms with Crippen molar-refractivity contribution in [3.05, 3.63) is 18.2 Å². The quantitative estimate of drug-likeness (QED) is 0.828. The third-order valence-corrected chi connectivity index (χ3v) is 3.23. The van der Waals surface area contributed by atoms with E-state index in [1.807, 2.05) is 26.4 Å². The largest absolute Gasteiger partial charge is 0.330 e. The fourth-order valence-corrected chi connectivity index (χ4v) is 1.74. The maximum Gasteiger partial charge on any atom is 0.0951 e. The highest BCUT2D eigenvalue weighted by Crippen LogP contribution is 2.26. The van der Waals surface area contributed by atoms with E-state index in [1.54, 1.807) is 0 Å². The summed E-state index contributed by atoms with van der Waals surface area (Å²) >= 11 is 0. The van der Waals surface area contributed by atoms with Crippen LogP contribution in [0.25, 0.3) is 0 Å². The lowest BCUT2D eigenvalue weighted by atomic mass is 9.97. The zero-order chi connectivity index (χ0) is 11.6. The third kappa shape index (κ3) is 2.59. The second-order valence-electron chi connectivity index (χ2n) is 5.03. The average molecular weight is 209 g/mol. The van der Waals surface area contributed by atoms with Gasteiger partial charge in [0.25, 0.3) is 0 Å². The fraction of sp³-hybridized carbons (Fsp3) is 0.750. The molecule has 0 saturated heterocycles. The summed E-state index contributed by atoms with van der Waals surface area (Å²) in [5, 5.41) is 0. The topological polar surface area (TPSA) is 43.8 Å². The summed E-state index contributed by atoms with van der Waals surface area (Å²) in [6, 6.07) is 0.454. The molecule has 3 heteroatoms. The smallest absolute Gasteiger partial charge is 0.0951 e. The van der Waals surface area contributed by atoms with Gasteiger partial charge in [-0.3, -0.25) is 0 Å². The van der Waals surface area contributed by atoms with Crippen LogP contribution in [0.4, 0.5) is 0 Å². The molecule has 1 aromatic heterocycles. The predicted octanol–water partition coefficient (Wildman–Crippen LogP) is 2.68. The summed E-state index contributed by atoms with van der Waals surface area (Å²) < 4.78 is 2.20. The molecule has 0 aliphatic heterocycles. The van der Waals surface area contributed by atoms with E-state index in [4.69, 9.17) is 5.73 Å². The molecule has 0 fully saturated rings. The Morgan fingerprint density at radius 2 is 2.07 bits per heavy atom. The van der Waals surface area contributed by atoms with Gasteiger partial charge in [0.15, 0.2) is 0 Å². The van der Waals surface area contributed by atoms with E-state index in [-0.39, 0.29) is 5.54 Å². The van der Waals surface area contributed by atoms with E-state index in [1.165, 1.54) is 6.42 Å². The standard InChI is InChI=1S/C12H23N3/c1-6-9(2)10(3)15-8-14-7-11(15)12(4,5)13/h7-10H,6,13H2,1-5H3. The molecule has 2 N–H and O–H groups in total. The van der Waals surface area contributed by atoms with Gasteiger partial charge in [-0.25, -0.2) is 4.98 Å². The van der Waals surface area contributed by atoms with Crippen LogP contribution in [0.2, 0.25) is 0 Å². The summed E-state index contributed by atoms with van der Waals surface area (Å²) in [7, 11) is 0. The first-order valence-electron chi connectivity index (χ1n) is 5.69. The van der Waals surface area contributed by atoms with Crippen molar-refractivity contribution in [2.45, 2.75) is 52.6 Å². The first-order chi connectivity index (χ1) is 6.88. The number of nitrogens with two attached hydrogens (primary N) is 1. The summed E-state index contributed by atoms with van der Waals surface area (Å²) in [4.78, 5) is 4.21. The first-order valence-corrected chi connectivity index (χ1v) is 5.69. The van der Waals surface area contributed by atoms with Gasteiger partial charge in [-0.1, -0.05) is 20.3 Å². The highest BCUT2D eigenvalue weighted by Gasteiger charge is 2.23. The minimum Gasteiger partial charge on any atom is -0.330 e. The number of rotatable bonds is 4. The van der Waals surface area contributed by atoms with E-state index in [2.05, 4.69) is 30.3 Å².